The van der Waals surface area contributed by atoms with Gasteiger partial charge in [0.25, 0.3) is 5.56 Å². The van der Waals surface area contributed by atoms with Crippen molar-refractivity contribution in [3.8, 4) is 0 Å². The van der Waals surface area contributed by atoms with Crippen molar-refractivity contribution < 1.29 is 9.53 Å². The number of hydrogen-bond acceptors (Lipinski definition) is 5. The number of thioether (sulfide) groups is 1. The SMILES string of the molecule is COCCn1c(SC(C)C(=O)c2cc(C)ccc2C)nc2cc(Cl)ccc2c1=O. The molecule has 1 heterocycles. The molecule has 1 atom stereocenters. The maximum absolute atomic E-state index is 13.1. The summed E-state index contributed by atoms with van der Waals surface area (Å²) in [5.74, 6) is 0.00920. The second kappa shape index (κ2) is 9.11. The first kappa shape index (κ1) is 21.6. The molecule has 0 aliphatic heterocycles. The Balaban J connectivity index is 2.02. The van der Waals surface area contributed by atoms with Crippen molar-refractivity contribution in [3.63, 3.8) is 0 Å². The summed E-state index contributed by atoms with van der Waals surface area (Å²) in [6.45, 7) is 6.45. The lowest BCUT2D eigenvalue weighted by molar-refractivity contribution is 0.0993. The van der Waals surface area contributed by atoms with Gasteiger partial charge in [-0.2, -0.15) is 0 Å². The molecule has 1 aromatic heterocycles. The Hall–Kier alpha value is -2.15. The van der Waals surface area contributed by atoms with Crippen LogP contribution in [0.1, 0.15) is 28.4 Å². The highest BCUT2D eigenvalue weighted by Crippen LogP contribution is 2.27. The molecular formula is C22H23ClN2O3S. The van der Waals surface area contributed by atoms with Gasteiger partial charge in [-0.25, -0.2) is 4.98 Å². The van der Waals surface area contributed by atoms with E-state index in [2.05, 4.69) is 4.98 Å². The number of benzene rings is 2. The molecule has 7 heteroatoms. The maximum atomic E-state index is 13.1. The van der Waals surface area contributed by atoms with E-state index in [9.17, 15) is 9.59 Å². The number of ether oxygens (including phenoxy) is 1. The quantitative estimate of drug-likeness (QED) is 0.309. The minimum Gasteiger partial charge on any atom is -0.383 e. The third-order valence-corrected chi connectivity index (χ3v) is 6.04. The van der Waals surface area contributed by atoms with Crippen molar-refractivity contribution >= 4 is 40.0 Å². The molecule has 3 aromatic rings. The van der Waals surface area contributed by atoms with E-state index in [-0.39, 0.29) is 11.3 Å². The first-order chi connectivity index (χ1) is 13.8. The third-order valence-electron chi connectivity index (χ3n) is 4.71. The van der Waals surface area contributed by atoms with E-state index in [1.54, 1.807) is 29.9 Å². The van der Waals surface area contributed by atoms with Gasteiger partial charge in [0.1, 0.15) is 0 Å². The van der Waals surface area contributed by atoms with E-state index >= 15 is 0 Å². The molecule has 0 saturated carbocycles. The maximum Gasteiger partial charge on any atom is 0.262 e. The highest BCUT2D eigenvalue weighted by molar-refractivity contribution is 8.00. The molecule has 29 heavy (non-hydrogen) atoms. The van der Waals surface area contributed by atoms with Gasteiger partial charge in [-0.1, -0.05) is 41.1 Å². The number of halogens is 1. The lowest BCUT2D eigenvalue weighted by atomic mass is 10.0. The number of aryl methyl sites for hydroxylation is 2. The smallest absolute Gasteiger partial charge is 0.262 e. The normalized spacial score (nSPS) is 12.3. The summed E-state index contributed by atoms with van der Waals surface area (Å²) < 4.78 is 6.72. The molecule has 0 aliphatic rings. The number of carbonyl (C=O) groups is 1. The van der Waals surface area contributed by atoms with Gasteiger partial charge in [0.2, 0.25) is 0 Å². The van der Waals surface area contributed by atoms with Gasteiger partial charge < -0.3 is 4.74 Å². The molecule has 5 nitrogen and oxygen atoms in total. The average Bonchev–Trinajstić information content (AvgIpc) is 2.68. The number of aromatic nitrogens is 2. The van der Waals surface area contributed by atoms with Gasteiger partial charge in [0, 0.05) is 17.7 Å². The van der Waals surface area contributed by atoms with E-state index in [4.69, 9.17) is 16.3 Å². The van der Waals surface area contributed by atoms with Crippen molar-refractivity contribution in [2.24, 2.45) is 0 Å². The Labute approximate surface area is 179 Å². The monoisotopic (exact) mass is 430 g/mol. The van der Waals surface area contributed by atoms with Crippen molar-refractivity contribution in [2.45, 2.75) is 37.7 Å². The van der Waals surface area contributed by atoms with Gasteiger partial charge in [-0.3, -0.25) is 14.2 Å². The number of rotatable bonds is 7. The van der Waals surface area contributed by atoms with Crippen LogP contribution in [0.4, 0.5) is 0 Å². The number of nitrogens with zero attached hydrogens (tertiary/aromatic N) is 2. The predicted molar refractivity (Wildman–Crippen MR) is 118 cm³/mol. The van der Waals surface area contributed by atoms with Gasteiger partial charge in [-0.15, -0.1) is 0 Å². The first-order valence-corrected chi connectivity index (χ1v) is 10.5. The summed E-state index contributed by atoms with van der Waals surface area (Å²) in [6, 6.07) is 10.9. The van der Waals surface area contributed by atoms with Gasteiger partial charge in [0.05, 0.1) is 29.3 Å². The first-order valence-electron chi connectivity index (χ1n) is 9.29. The Morgan fingerprint density at radius 3 is 2.72 bits per heavy atom. The van der Waals surface area contributed by atoms with E-state index in [1.165, 1.54) is 11.8 Å². The predicted octanol–water partition coefficient (Wildman–Crippen LogP) is 4.68. The topological polar surface area (TPSA) is 61.2 Å². The lowest BCUT2D eigenvalue weighted by Gasteiger charge is -2.16. The van der Waals surface area contributed by atoms with Crippen molar-refractivity contribution in [2.75, 3.05) is 13.7 Å². The van der Waals surface area contributed by atoms with E-state index in [0.717, 1.165) is 11.1 Å². The zero-order valence-electron chi connectivity index (χ0n) is 16.9. The molecular weight excluding hydrogens is 408 g/mol. The lowest BCUT2D eigenvalue weighted by Crippen LogP contribution is -2.26. The zero-order chi connectivity index (χ0) is 21.1. The Bertz CT molecular complexity index is 1130. The van der Waals surface area contributed by atoms with Gasteiger partial charge >= 0.3 is 0 Å². The third kappa shape index (κ3) is 4.71. The van der Waals surface area contributed by atoms with Gasteiger partial charge in [-0.05, 0) is 50.6 Å². The zero-order valence-corrected chi connectivity index (χ0v) is 18.4. The molecule has 2 aromatic carbocycles. The van der Waals surface area contributed by atoms with E-state index in [1.807, 2.05) is 39.0 Å². The molecule has 0 N–H and O–H groups in total. The van der Waals surface area contributed by atoms with Crippen LogP contribution in [0.3, 0.4) is 0 Å². The average molecular weight is 431 g/mol. The number of ketones is 1. The molecule has 0 aliphatic carbocycles. The molecule has 3 rings (SSSR count). The van der Waals surface area contributed by atoms with Crippen LogP contribution >= 0.6 is 23.4 Å². The van der Waals surface area contributed by atoms with Crippen LogP contribution in [0.25, 0.3) is 10.9 Å². The summed E-state index contributed by atoms with van der Waals surface area (Å²) in [4.78, 5) is 30.7. The van der Waals surface area contributed by atoms with Crippen LogP contribution in [0.15, 0.2) is 46.3 Å². The number of fused-ring (bicyclic) bond motifs is 1. The van der Waals surface area contributed by atoms with E-state index in [0.29, 0.717) is 39.8 Å². The molecule has 0 bridgehead atoms. The van der Waals surface area contributed by atoms with Crippen LogP contribution < -0.4 is 5.56 Å². The minimum absolute atomic E-state index is 0.00920. The fourth-order valence-electron chi connectivity index (χ4n) is 3.08. The molecule has 0 amide bonds. The molecule has 0 spiro atoms. The summed E-state index contributed by atoms with van der Waals surface area (Å²) >= 11 is 7.36. The Morgan fingerprint density at radius 2 is 2.00 bits per heavy atom. The fraction of sp³-hybridized carbons (Fsp3) is 0.318. The minimum atomic E-state index is -0.409. The number of Topliss-reactive ketones (excluding diaryl/α,β-unsaturated/α-hetero) is 1. The molecule has 1 unspecified atom stereocenters. The largest absolute Gasteiger partial charge is 0.383 e. The van der Waals surface area contributed by atoms with Crippen molar-refractivity contribution in [1.29, 1.82) is 0 Å². The number of methoxy groups -OCH3 is 1. The van der Waals surface area contributed by atoms with Crippen molar-refractivity contribution in [1.82, 2.24) is 9.55 Å². The highest BCUT2D eigenvalue weighted by atomic mass is 35.5. The molecule has 0 saturated heterocycles. The summed E-state index contributed by atoms with van der Waals surface area (Å²) in [6.07, 6.45) is 0. The number of carbonyl (C=O) groups excluding carboxylic acids is 1. The second-order valence-corrected chi connectivity index (χ2v) is 8.69. The highest BCUT2D eigenvalue weighted by Gasteiger charge is 2.22. The molecule has 152 valence electrons. The Morgan fingerprint density at radius 1 is 1.24 bits per heavy atom. The van der Waals surface area contributed by atoms with Crippen LogP contribution in [0.2, 0.25) is 5.02 Å². The fourth-order valence-corrected chi connectivity index (χ4v) is 4.24. The van der Waals surface area contributed by atoms with Crippen molar-refractivity contribution in [3.05, 3.63) is 68.5 Å². The molecule has 0 radical (unpaired) electrons. The van der Waals surface area contributed by atoms with E-state index < -0.39 is 5.25 Å². The second-order valence-electron chi connectivity index (χ2n) is 6.95. The summed E-state index contributed by atoms with van der Waals surface area (Å²) in [5.41, 5.74) is 3.01. The molecule has 0 fully saturated rings. The van der Waals surface area contributed by atoms with Crippen LogP contribution in [-0.2, 0) is 11.3 Å². The van der Waals surface area contributed by atoms with Crippen LogP contribution in [0, 0.1) is 13.8 Å². The van der Waals surface area contributed by atoms with Crippen LogP contribution in [0.5, 0.6) is 0 Å². The number of hydrogen-bond donors (Lipinski definition) is 0. The summed E-state index contributed by atoms with van der Waals surface area (Å²) in [7, 11) is 1.58. The van der Waals surface area contributed by atoms with Crippen LogP contribution in [-0.4, -0.2) is 34.3 Å². The summed E-state index contributed by atoms with van der Waals surface area (Å²) in [5, 5.41) is 1.07. The Kier molecular flexibility index (Phi) is 6.77. The van der Waals surface area contributed by atoms with Gasteiger partial charge in [0.15, 0.2) is 10.9 Å². The standard InChI is InChI=1S/C22H23ClN2O3S/c1-13-5-6-14(2)18(11-13)20(26)15(3)29-22-24-19-12-16(23)7-8-17(19)21(27)25(22)9-10-28-4/h5-8,11-12,15H,9-10H2,1-4H3.